The molecule has 1 aliphatic heterocycles. The first kappa shape index (κ1) is 15.9. The number of rotatable bonds is 5. The Kier molecular flexibility index (Phi) is 3.82. The summed E-state index contributed by atoms with van der Waals surface area (Å²) in [7, 11) is 0. The Labute approximate surface area is 145 Å². The number of nitrogens with zero attached hydrogens (tertiary/aromatic N) is 1. The zero-order chi connectivity index (χ0) is 17.6. The van der Waals surface area contributed by atoms with E-state index >= 15 is 0 Å². The monoisotopic (exact) mass is 340 g/mol. The van der Waals surface area contributed by atoms with Crippen LogP contribution < -0.4 is 10.1 Å². The summed E-state index contributed by atoms with van der Waals surface area (Å²) in [6, 6.07) is 6.99. The minimum atomic E-state index is -0.369. The van der Waals surface area contributed by atoms with E-state index in [1.165, 1.54) is 0 Å². The van der Waals surface area contributed by atoms with E-state index in [1.807, 2.05) is 19.1 Å². The van der Waals surface area contributed by atoms with Crippen LogP contribution in [0, 0.1) is 23.7 Å². The van der Waals surface area contributed by atoms with Gasteiger partial charge in [0.05, 0.1) is 18.4 Å². The third-order valence-corrected chi connectivity index (χ3v) is 5.31. The number of imide groups is 1. The molecule has 1 saturated heterocycles. The topological polar surface area (TPSA) is 75.7 Å². The largest absolute Gasteiger partial charge is 0.494 e. The van der Waals surface area contributed by atoms with E-state index in [9.17, 15) is 14.4 Å². The van der Waals surface area contributed by atoms with Gasteiger partial charge in [0, 0.05) is 5.69 Å². The maximum atomic E-state index is 12.6. The molecule has 2 bridgehead atoms. The molecule has 1 aromatic rings. The predicted octanol–water partition coefficient (Wildman–Crippen LogP) is 1.83. The van der Waals surface area contributed by atoms with Crippen molar-refractivity contribution >= 4 is 23.4 Å². The lowest BCUT2D eigenvalue weighted by Crippen LogP contribution is -2.39. The van der Waals surface area contributed by atoms with Gasteiger partial charge in [-0.05, 0) is 49.4 Å². The molecule has 0 radical (unpaired) electrons. The van der Waals surface area contributed by atoms with Crippen molar-refractivity contribution < 1.29 is 19.1 Å². The number of hydrogen-bond acceptors (Lipinski definition) is 4. The Balaban J connectivity index is 1.40. The maximum Gasteiger partial charge on any atom is 0.244 e. The molecule has 1 heterocycles. The molecule has 1 N–H and O–H groups in total. The molecule has 1 saturated carbocycles. The molecular formula is C19H20N2O4. The van der Waals surface area contributed by atoms with Gasteiger partial charge in [0.2, 0.25) is 17.7 Å². The molecule has 130 valence electrons. The third-order valence-electron chi connectivity index (χ3n) is 5.31. The number of benzene rings is 1. The highest BCUT2D eigenvalue weighted by Crippen LogP contribution is 2.52. The first-order chi connectivity index (χ1) is 12.1. The van der Waals surface area contributed by atoms with Crippen LogP contribution in [0.4, 0.5) is 5.69 Å². The highest BCUT2D eigenvalue weighted by atomic mass is 16.5. The van der Waals surface area contributed by atoms with Gasteiger partial charge in [-0.3, -0.25) is 19.3 Å². The molecule has 2 aliphatic carbocycles. The quantitative estimate of drug-likeness (QED) is 0.655. The Bertz CT molecular complexity index is 725. The van der Waals surface area contributed by atoms with E-state index in [2.05, 4.69) is 5.32 Å². The Morgan fingerprint density at radius 2 is 1.72 bits per heavy atom. The van der Waals surface area contributed by atoms with Crippen LogP contribution in [0.25, 0.3) is 0 Å². The fourth-order valence-corrected chi connectivity index (χ4v) is 4.27. The van der Waals surface area contributed by atoms with Gasteiger partial charge >= 0.3 is 0 Å². The van der Waals surface area contributed by atoms with E-state index in [0.29, 0.717) is 12.3 Å². The summed E-state index contributed by atoms with van der Waals surface area (Å²) < 4.78 is 5.35. The average Bonchev–Trinajstić information content (AvgIpc) is 3.27. The zero-order valence-corrected chi connectivity index (χ0v) is 14.0. The van der Waals surface area contributed by atoms with Gasteiger partial charge in [0.1, 0.15) is 12.3 Å². The second kappa shape index (κ2) is 6.02. The number of nitrogens with one attached hydrogen (secondary N) is 1. The van der Waals surface area contributed by atoms with Crippen LogP contribution in [-0.4, -0.2) is 35.8 Å². The highest BCUT2D eigenvalue weighted by Gasteiger charge is 2.59. The van der Waals surface area contributed by atoms with E-state index < -0.39 is 0 Å². The van der Waals surface area contributed by atoms with Crippen LogP contribution in [0.5, 0.6) is 5.75 Å². The van der Waals surface area contributed by atoms with Gasteiger partial charge in [0.25, 0.3) is 0 Å². The molecule has 3 amide bonds. The lowest BCUT2D eigenvalue weighted by molar-refractivity contribution is -0.143. The van der Waals surface area contributed by atoms with Crippen molar-refractivity contribution in [3.05, 3.63) is 36.4 Å². The third kappa shape index (κ3) is 2.62. The van der Waals surface area contributed by atoms with Gasteiger partial charge in [-0.1, -0.05) is 12.2 Å². The van der Waals surface area contributed by atoms with Crippen LogP contribution in [0.3, 0.4) is 0 Å². The van der Waals surface area contributed by atoms with Crippen molar-refractivity contribution in [3.8, 4) is 5.75 Å². The molecular weight excluding hydrogens is 320 g/mol. The first-order valence-electron chi connectivity index (χ1n) is 8.64. The second-order valence-electron chi connectivity index (χ2n) is 6.77. The Hall–Kier alpha value is -2.63. The van der Waals surface area contributed by atoms with Crippen molar-refractivity contribution in [3.63, 3.8) is 0 Å². The average molecular weight is 340 g/mol. The van der Waals surface area contributed by atoms with Gasteiger partial charge in [0.15, 0.2) is 0 Å². The molecule has 25 heavy (non-hydrogen) atoms. The van der Waals surface area contributed by atoms with E-state index in [0.717, 1.165) is 17.1 Å². The van der Waals surface area contributed by atoms with Crippen LogP contribution in [0.15, 0.2) is 36.4 Å². The van der Waals surface area contributed by atoms with E-state index in [4.69, 9.17) is 4.74 Å². The number of carbonyl (C=O) groups excluding carboxylic acids is 3. The molecule has 0 spiro atoms. The van der Waals surface area contributed by atoms with E-state index in [1.54, 1.807) is 24.3 Å². The highest BCUT2D eigenvalue weighted by molar-refractivity contribution is 6.09. The van der Waals surface area contributed by atoms with Gasteiger partial charge in [-0.25, -0.2) is 0 Å². The second-order valence-corrected chi connectivity index (χ2v) is 6.77. The molecule has 2 fully saturated rings. The van der Waals surface area contributed by atoms with E-state index in [-0.39, 0.29) is 47.9 Å². The summed E-state index contributed by atoms with van der Waals surface area (Å²) >= 11 is 0. The van der Waals surface area contributed by atoms with Crippen molar-refractivity contribution in [2.45, 2.75) is 13.3 Å². The minimum absolute atomic E-state index is 0.158. The molecule has 4 rings (SSSR count). The molecule has 3 aliphatic rings. The molecule has 1 aromatic carbocycles. The number of amides is 3. The summed E-state index contributed by atoms with van der Waals surface area (Å²) in [5, 5.41) is 2.73. The SMILES string of the molecule is CCOc1ccc(NC(=O)CN2C(=O)[C@@H]3[C@@H](C2=O)[C@H]2C=C[C@H]3C2)cc1. The fraction of sp³-hybridized carbons (Fsp3) is 0.421. The molecule has 4 atom stereocenters. The number of likely N-dealkylation sites (tertiary alicyclic amines) is 1. The lowest BCUT2D eigenvalue weighted by atomic mass is 9.85. The van der Waals surface area contributed by atoms with Crippen LogP contribution in [0.1, 0.15) is 13.3 Å². The number of carbonyl (C=O) groups is 3. The first-order valence-corrected chi connectivity index (χ1v) is 8.64. The van der Waals surface area contributed by atoms with Crippen molar-refractivity contribution in [2.75, 3.05) is 18.5 Å². The van der Waals surface area contributed by atoms with Crippen molar-refractivity contribution in [2.24, 2.45) is 23.7 Å². The summed E-state index contributed by atoms with van der Waals surface area (Å²) in [6.45, 7) is 2.25. The van der Waals surface area contributed by atoms with Gasteiger partial charge in [-0.15, -0.1) is 0 Å². The zero-order valence-electron chi connectivity index (χ0n) is 14.0. The van der Waals surface area contributed by atoms with Crippen LogP contribution >= 0.6 is 0 Å². The standard InChI is InChI=1S/C19H20N2O4/c1-2-25-14-7-5-13(6-8-14)20-15(22)10-21-18(23)16-11-3-4-12(9-11)17(16)19(21)24/h3-8,11-12,16-17H,2,9-10H2,1H3,(H,20,22)/t11-,12-,16-,17-/m0/s1. The smallest absolute Gasteiger partial charge is 0.244 e. The van der Waals surface area contributed by atoms with Crippen molar-refractivity contribution in [1.82, 2.24) is 4.90 Å². The number of hydrogen-bond donors (Lipinski definition) is 1. The minimum Gasteiger partial charge on any atom is -0.494 e. The van der Waals surface area contributed by atoms with Crippen LogP contribution in [0.2, 0.25) is 0 Å². The lowest BCUT2D eigenvalue weighted by Gasteiger charge is -2.16. The van der Waals surface area contributed by atoms with Crippen molar-refractivity contribution in [1.29, 1.82) is 0 Å². The maximum absolute atomic E-state index is 12.6. The molecule has 6 heteroatoms. The number of anilines is 1. The summed E-state index contributed by atoms with van der Waals surface area (Å²) in [5.74, 6) is -0.257. The molecule has 0 unspecified atom stereocenters. The summed E-state index contributed by atoms with van der Waals surface area (Å²) in [4.78, 5) is 38.5. The van der Waals surface area contributed by atoms with Gasteiger partial charge < -0.3 is 10.1 Å². The predicted molar refractivity (Wildman–Crippen MR) is 90.7 cm³/mol. The summed E-state index contributed by atoms with van der Waals surface area (Å²) in [6.07, 6.45) is 4.97. The number of ether oxygens (including phenoxy) is 1. The normalized spacial score (nSPS) is 29.2. The Morgan fingerprint density at radius 3 is 2.28 bits per heavy atom. The molecule has 0 aromatic heterocycles. The fourth-order valence-electron chi connectivity index (χ4n) is 4.27. The van der Waals surface area contributed by atoms with Crippen LogP contribution in [-0.2, 0) is 14.4 Å². The Morgan fingerprint density at radius 1 is 1.12 bits per heavy atom. The molecule has 6 nitrogen and oxygen atoms in total. The summed E-state index contributed by atoms with van der Waals surface area (Å²) in [5.41, 5.74) is 0.606. The number of fused-ring (bicyclic) bond motifs is 5. The number of allylic oxidation sites excluding steroid dienone is 2. The van der Waals surface area contributed by atoms with Gasteiger partial charge in [-0.2, -0.15) is 0 Å².